The Labute approximate surface area is 354 Å². The van der Waals surface area contributed by atoms with Gasteiger partial charge in [0.1, 0.15) is 61.0 Å². The van der Waals surface area contributed by atoms with Gasteiger partial charge in [0, 0.05) is 18.6 Å². The molecule has 0 spiro atoms. The maximum Gasteiger partial charge on any atom is 0.187 e. The van der Waals surface area contributed by atoms with E-state index in [1.807, 2.05) is 0 Å². The van der Waals surface area contributed by atoms with Gasteiger partial charge in [-0.3, -0.25) is 4.90 Å². The van der Waals surface area contributed by atoms with Crippen LogP contribution in [-0.2, 0) is 28.4 Å². The predicted molar refractivity (Wildman–Crippen MR) is 214 cm³/mol. The summed E-state index contributed by atoms with van der Waals surface area (Å²) >= 11 is 0. The van der Waals surface area contributed by atoms with Gasteiger partial charge in [-0.2, -0.15) is 0 Å². The molecule has 3 saturated carbocycles. The average molecular weight is 852 g/mol. The Balaban J connectivity index is 0.852. The topological polar surface area (TPSA) is 220 Å². The van der Waals surface area contributed by atoms with Gasteiger partial charge in [-0.15, -0.1) is 0 Å². The van der Waals surface area contributed by atoms with Crippen molar-refractivity contribution in [2.24, 2.45) is 46.3 Å². The molecule has 8 N–H and O–H groups in total. The molecule has 9 rings (SSSR count). The molecular weight excluding hydrogens is 778 g/mol. The second kappa shape index (κ2) is 16.5. The molecule has 0 bridgehead atoms. The van der Waals surface area contributed by atoms with Crippen molar-refractivity contribution in [1.29, 1.82) is 0 Å². The number of allylic oxidation sites excluding steroid dienone is 1. The van der Waals surface area contributed by atoms with Crippen molar-refractivity contribution >= 4 is 0 Å². The first-order valence-electron chi connectivity index (χ1n) is 23.2. The number of rotatable bonds is 7. The van der Waals surface area contributed by atoms with E-state index in [1.165, 1.54) is 58.1 Å². The molecule has 5 aliphatic heterocycles. The standard InChI is InChI=1S/C45H73NO14/c1-19-7-10-28-20(2)31-29(46(28)17-19)16-27-25-9-8-23-15-24(11-13-44(23,5)26(25)12-14-45(27,31)6)57-42-38(54)36(52)39(30(18-47)58-42)59-43-40(35(51)33(49)22(4)56-43)60-41-37(53)34(50)32(48)21(3)55-41/h8,19-22,24-43,47-54H,7,9-18H2,1-6H3/t19?,20?,21-,22-,24-,25?,26?,27?,28?,29?,30+,31?,32-,33-,34+,35+,36+,37+,38+,39+,40+,41+,42+,43+,44-,45?/m0/s1. The van der Waals surface area contributed by atoms with E-state index in [1.54, 1.807) is 0 Å². The van der Waals surface area contributed by atoms with E-state index in [2.05, 4.69) is 38.7 Å². The van der Waals surface area contributed by atoms with Crippen LogP contribution < -0.4 is 0 Å². The number of piperidine rings is 1. The summed E-state index contributed by atoms with van der Waals surface area (Å²) in [6.07, 6.45) is -9.05. The first-order valence-corrected chi connectivity index (χ1v) is 23.2. The largest absolute Gasteiger partial charge is 0.394 e. The summed E-state index contributed by atoms with van der Waals surface area (Å²) in [6, 6.07) is 1.49. The number of aliphatic hydroxyl groups excluding tert-OH is 8. The van der Waals surface area contributed by atoms with Crippen LogP contribution in [0.25, 0.3) is 0 Å². The second-order valence-electron chi connectivity index (χ2n) is 21.2. The van der Waals surface area contributed by atoms with Gasteiger partial charge in [0.2, 0.25) is 0 Å². The second-order valence-corrected chi connectivity index (χ2v) is 21.2. The lowest BCUT2D eigenvalue weighted by atomic mass is 9.47. The van der Waals surface area contributed by atoms with Crippen LogP contribution in [0.3, 0.4) is 0 Å². The molecule has 5 saturated heterocycles. The Morgan fingerprint density at radius 3 is 2.07 bits per heavy atom. The fraction of sp³-hybridized carbons (Fsp3) is 0.956. The summed E-state index contributed by atoms with van der Waals surface area (Å²) < 4.78 is 36.0. The maximum atomic E-state index is 11.5. The zero-order valence-corrected chi connectivity index (χ0v) is 36.2. The third-order valence-electron chi connectivity index (χ3n) is 18.0. The molecule has 0 aromatic heterocycles. The first kappa shape index (κ1) is 44.3. The Kier molecular flexibility index (Phi) is 12.2. The molecule has 342 valence electrons. The number of nitrogens with zero attached hydrogens (tertiary/aromatic N) is 1. The highest BCUT2D eigenvalue weighted by molar-refractivity contribution is 5.27. The number of hydrogen-bond donors (Lipinski definition) is 8. The molecule has 0 radical (unpaired) electrons. The summed E-state index contributed by atoms with van der Waals surface area (Å²) in [7, 11) is 0. The third kappa shape index (κ3) is 7.11. The van der Waals surface area contributed by atoms with Crippen molar-refractivity contribution in [2.75, 3.05) is 13.2 Å². The molecule has 0 amide bonds. The lowest BCUT2D eigenvalue weighted by molar-refractivity contribution is -0.386. The van der Waals surface area contributed by atoms with Crippen LogP contribution in [-0.4, -0.2) is 169 Å². The van der Waals surface area contributed by atoms with Crippen molar-refractivity contribution in [3.05, 3.63) is 11.6 Å². The molecule has 60 heavy (non-hydrogen) atoms. The molecule has 9 aliphatic rings. The fourth-order valence-electron chi connectivity index (χ4n) is 14.7. The third-order valence-corrected chi connectivity index (χ3v) is 18.0. The van der Waals surface area contributed by atoms with Gasteiger partial charge in [0.15, 0.2) is 18.9 Å². The minimum Gasteiger partial charge on any atom is -0.394 e. The van der Waals surface area contributed by atoms with E-state index in [0.717, 1.165) is 55.0 Å². The van der Waals surface area contributed by atoms with Gasteiger partial charge in [0.05, 0.1) is 24.9 Å². The normalized spacial score (nSPS) is 58.1. The van der Waals surface area contributed by atoms with E-state index in [9.17, 15) is 40.9 Å². The smallest absolute Gasteiger partial charge is 0.187 e. The molecular formula is C45H73NO14. The van der Waals surface area contributed by atoms with Gasteiger partial charge < -0.3 is 69.3 Å². The summed E-state index contributed by atoms with van der Waals surface area (Å²) in [4.78, 5) is 2.95. The van der Waals surface area contributed by atoms with E-state index >= 15 is 0 Å². The summed E-state index contributed by atoms with van der Waals surface area (Å²) in [5.74, 6) is 4.39. The van der Waals surface area contributed by atoms with Crippen LogP contribution in [0.5, 0.6) is 0 Å². The van der Waals surface area contributed by atoms with Gasteiger partial charge in [-0.05, 0) is 118 Å². The molecule has 26 atom stereocenters. The number of fused-ring (bicyclic) bond motifs is 9. The predicted octanol–water partition coefficient (Wildman–Crippen LogP) is 1.18. The summed E-state index contributed by atoms with van der Waals surface area (Å²) in [6.45, 7) is 13.7. The molecule has 4 aliphatic carbocycles. The Morgan fingerprint density at radius 1 is 0.683 bits per heavy atom. The minimum atomic E-state index is -1.72. The number of aliphatic hydroxyl groups is 8. The van der Waals surface area contributed by atoms with Gasteiger partial charge in [-0.1, -0.05) is 39.3 Å². The highest BCUT2D eigenvalue weighted by Gasteiger charge is 2.66. The number of hydrogen-bond acceptors (Lipinski definition) is 15. The van der Waals surface area contributed by atoms with E-state index < -0.39 is 98.7 Å². The van der Waals surface area contributed by atoms with Crippen molar-refractivity contribution in [3.8, 4) is 0 Å². The Bertz CT molecular complexity index is 1570. The quantitative estimate of drug-likeness (QED) is 0.169. The zero-order valence-electron chi connectivity index (χ0n) is 36.2. The Morgan fingerprint density at radius 2 is 1.33 bits per heavy atom. The molecule has 0 aromatic carbocycles. The SMILES string of the molecule is CC1CCC2C(C)C3C(CC4C5CC=C6C[C@@H](O[C@@H]7O[C@H](CO)[C@@H](O[C@H]8O[C@@H](C)[C@H](O)[C@@H](O)[C@H]8O[C@H]8O[C@@H](C)[C@H](O)[C@@H](O)[C@H]8O)[C@H](O)[C@H]7O)CC[C@]6(C)C5CCC43C)N2C1. The summed E-state index contributed by atoms with van der Waals surface area (Å²) in [5, 5.41) is 86.3. The van der Waals surface area contributed by atoms with Crippen LogP contribution in [0.4, 0.5) is 0 Å². The van der Waals surface area contributed by atoms with Crippen molar-refractivity contribution in [3.63, 3.8) is 0 Å². The molecule has 15 nitrogen and oxygen atoms in total. The van der Waals surface area contributed by atoms with Gasteiger partial charge in [-0.25, -0.2) is 0 Å². The van der Waals surface area contributed by atoms with Crippen molar-refractivity contribution in [1.82, 2.24) is 4.90 Å². The monoisotopic (exact) mass is 852 g/mol. The van der Waals surface area contributed by atoms with Crippen LogP contribution in [0, 0.1) is 46.3 Å². The fourth-order valence-corrected chi connectivity index (χ4v) is 14.7. The van der Waals surface area contributed by atoms with E-state index in [-0.39, 0.29) is 11.5 Å². The zero-order chi connectivity index (χ0) is 42.7. The van der Waals surface area contributed by atoms with Gasteiger partial charge >= 0.3 is 0 Å². The van der Waals surface area contributed by atoms with Crippen LogP contribution in [0.2, 0.25) is 0 Å². The van der Waals surface area contributed by atoms with Crippen molar-refractivity contribution in [2.45, 2.75) is 210 Å². The Hall–Kier alpha value is -0.860. The lowest BCUT2D eigenvalue weighted by Gasteiger charge is -2.58. The van der Waals surface area contributed by atoms with E-state index in [4.69, 9.17) is 28.4 Å². The van der Waals surface area contributed by atoms with Crippen molar-refractivity contribution < 1.29 is 69.3 Å². The maximum absolute atomic E-state index is 11.5. The molecule has 15 heteroatoms. The first-order chi connectivity index (χ1) is 28.5. The molecule has 0 aromatic rings. The molecule has 9 unspecified atom stereocenters. The summed E-state index contributed by atoms with van der Waals surface area (Å²) in [5.41, 5.74) is 1.89. The highest BCUT2D eigenvalue weighted by atomic mass is 16.8. The van der Waals surface area contributed by atoms with Crippen LogP contribution in [0.15, 0.2) is 11.6 Å². The lowest BCUT2D eigenvalue weighted by Crippen LogP contribution is -2.66. The number of ether oxygens (including phenoxy) is 6. The van der Waals surface area contributed by atoms with Crippen LogP contribution >= 0.6 is 0 Å². The highest BCUT2D eigenvalue weighted by Crippen LogP contribution is 2.70. The van der Waals surface area contributed by atoms with Gasteiger partial charge in [0.25, 0.3) is 0 Å². The molecule has 8 fully saturated rings. The average Bonchev–Trinajstić information content (AvgIpc) is 3.69. The molecule has 5 heterocycles. The minimum absolute atomic E-state index is 0.0796. The van der Waals surface area contributed by atoms with E-state index in [0.29, 0.717) is 23.7 Å². The van der Waals surface area contributed by atoms with Crippen LogP contribution in [0.1, 0.15) is 99.3 Å².